The van der Waals surface area contributed by atoms with E-state index in [9.17, 15) is 13.6 Å². The molecule has 0 amide bonds. The molecule has 4 nitrogen and oxygen atoms in total. The van der Waals surface area contributed by atoms with E-state index in [1.807, 2.05) is 0 Å². The predicted octanol–water partition coefficient (Wildman–Crippen LogP) is 0.366. The van der Waals surface area contributed by atoms with Gasteiger partial charge in [0.05, 0.1) is 0 Å². The van der Waals surface area contributed by atoms with Gasteiger partial charge in [-0.15, -0.1) is 0 Å². The van der Waals surface area contributed by atoms with Crippen LogP contribution in [-0.4, -0.2) is 25.6 Å². The van der Waals surface area contributed by atoms with E-state index < -0.39 is 17.0 Å². The third kappa shape index (κ3) is 7.48. The number of hydrogen-bond acceptors (Lipinski definition) is 3. The smallest absolute Gasteiger partial charge is 0.303 e. The lowest BCUT2D eigenvalue weighted by Gasteiger charge is -2.11. The first-order valence-corrected chi connectivity index (χ1v) is 4.54. The molecule has 1 N–H and O–H groups in total. The number of carboxylic acid groups (broad SMARTS) is 1. The molecule has 0 aromatic carbocycles. The molecule has 0 fully saturated rings. The molecule has 0 radical (unpaired) electrons. The number of rotatable bonds is 5. The molecule has 0 aliphatic carbocycles. The monoisotopic (exact) mass is 179 g/mol. The summed E-state index contributed by atoms with van der Waals surface area (Å²) in [5, 5.41) is 8.24. The number of carboxylic acids is 1. The molecular weight excluding hydrogens is 168 g/mol. The summed E-state index contributed by atoms with van der Waals surface area (Å²) in [6.45, 7) is 1.72. The van der Waals surface area contributed by atoms with Crippen molar-refractivity contribution < 1.29 is 18.7 Å². The number of carbonyl (C=O) groups is 1. The zero-order valence-electron chi connectivity index (χ0n) is 6.28. The lowest BCUT2D eigenvalue weighted by atomic mass is 10.1. The molecule has 0 aromatic rings. The molecule has 0 aliphatic heterocycles. The fraction of sp³-hybridized carbons (Fsp3) is 0.833. The lowest BCUT2D eigenvalue weighted by Crippen LogP contribution is -2.09. The fourth-order valence-electron chi connectivity index (χ4n) is 0.686. The van der Waals surface area contributed by atoms with Crippen molar-refractivity contribution in [2.45, 2.75) is 19.8 Å². The van der Waals surface area contributed by atoms with E-state index in [2.05, 4.69) is 0 Å². The minimum atomic E-state index is -2.05. The third-order valence-electron chi connectivity index (χ3n) is 1.27. The molecule has 0 spiro atoms. The third-order valence-corrected chi connectivity index (χ3v) is 2.11. The van der Waals surface area contributed by atoms with Gasteiger partial charge in [-0.3, -0.25) is 9.00 Å². The Kier molecular flexibility index (Phi) is 5.06. The molecule has 0 heterocycles. The van der Waals surface area contributed by atoms with Crippen LogP contribution in [0, 0.1) is 5.92 Å². The average molecular weight is 179 g/mol. The highest BCUT2D eigenvalue weighted by Gasteiger charge is 2.04. The van der Waals surface area contributed by atoms with Gasteiger partial charge in [0.15, 0.2) is 0 Å². The van der Waals surface area contributed by atoms with Crippen molar-refractivity contribution in [3.05, 3.63) is 0 Å². The van der Waals surface area contributed by atoms with E-state index in [0.717, 1.165) is 0 Å². The van der Waals surface area contributed by atoms with Gasteiger partial charge in [-0.25, -0.2) is 0 Å². The summed E-state index contributed by atoms with van der Waals surface area (Å²) in [5.74, 6) is -0.897. The average Bonchev–Trinajstić information content (AvgIpc) is 1.82. The van der Waals surface area contributed by atoms with Crippen LogP contribution >= 0.6 is 0 Å². The van der Waals surface area contributed by atoms with Crippen molar-refractivity contribution >= 4 is 17.0 Å². The first-order valence-electron chi connectivity index (χ1n) is 3.30. The molecule has 0 bridgehead atoms. The first kappa shape index (κ1) is 10.6. The summed E-state index contributed by atoms with van der Waals surface area (Å²) >= 11 is -2.05. The van der Waals surface area contributed by atoms with Crippen molar-refractivity contribution in [2.24, 2.45) is 5.92 Å². The largest absolute Gasteiger partial charge is 0.772 e. The van der Waals surface area contributed by atoms with Crippen LogP contribution in [0.4, 0.5) is 0 Å². The molecule has 0 rings (SSSR count). The summed E-state index contributed by atoms with van der Waals surface area (Å²) in [5.41, 5.74) is 0. The highest BCUT2D eigenvalue weighted by atomic mass is 32.2. The van der Waals surface area contributed by atoms with Gasteiger partial charge < -0.3 is 9.66 Å². The van der Waals surface area contributed by atoms with Gasteiger partial charge in [-0.1, -0.05) is 18.0 Å². The Balaban J connectivity index is 3.44. The summed E-state index contributed by atoms with van der Waals surface area (Å²) in [6, 6.07) is 0. The van der Waals surface area contributed by atoms with Crippen molar-refractivity contribution in [1.29, 1.82) is 0 Å². The molecule has 66 valence electrons. The van der Waals surface area contributed by atoms with Crippen LogP contribution in [0.2, 0.25) is 0 Å². The van der Waals surface area contributed by atoms with Crippen LogP contribution in [-0.2, 0) is 15.9 Å². The Labute approximate surface area is 67.9 Å². The molecule has 2 unspecified atom stereocenters. The molecule has 0 saturated heterocycles. The van der Waals surface area contributed by atoms with Crippen LogP contribution in [0.1, 0.15) is 19.8 Å². The van der Waals surface area contributed by atoms with Gasteiger partial charge in [-0.2, -0.15) is 0 Å². The topological polar surface area (TPSA) is 77.4 Å². The summed E-state index contributed by atoms with van der Waals surface area (Å²) in [6.07, 6.45) is 0.460. The molecule has 2 atom stereocenters. The van der Waals surface area contributed by atoms with Crippen molar-refractivity contribution in [3.8, 4) is 0 Å². The lowest BCUT2D eigenvalue weighted by molar-refractivity contribution is -0.137. The maximum absolute atomic E-state index is 10.1. The molecule has 5 heteroatoms. The van der Waals surface area contributed by atoms with Gasteiger partial charge in [0.2, 0.25) is 0 Å². The molecule has 0 aliphatic rings. The van der Waals surface area contributed by atoms with Crippen molar-refractivity contribution in [3.63, 3.8) is 0 Å². The zero-order valence-corrected chi connectivity index (χ0v) is 7.10. The van der Waals surface area contributed by atoms with Gasteiger partial charge in [0.25, 0.3) is 0 Å². The van der Waals surface area contributed by atoms with Gasteiger partial charge in [0, 0.05) is 12.2 Å². The van der Waals surface area contributed by atoms with E-state index >= 15 is 0 Å². The molecule has 11 heavy (non-hydrogen) atoms. The standard InChI is InChI=1S/C6H12O4S/c1-5(4-11(9)10)2-3-6(7)8/h5H,2-4H2,1H3,(H,7,8)(H,9,10)/p-1. The second kappa shape index (κ2) is 5.26. The Morgan fingerprint density at radius 2 is 2.27 bits per heavy atom. The van der Waals surface area contributed by atoms with E-state index in [1.54, 1.807) is 6.92 Å². The van der Waals surface area contributed by atoms with Gasteiger partial charge in [-0.05, 0) is 12.3 Å². The summed E-state index contributed by atoms with van der Waals surface area (Å²) in [7, 11) is 0. The Bertz CT molecular complexity index is 157. The van der Waals surface area contributed by atoms with E-state index in [4.69, 9.17) is 5.11 Å². The highest BCUT2D eigenvalue weighted by Crippen LogP contribution is 2.05. The summed E-state index contributed by atoms with van der Waals surface area (Å²) in [4.78, 5) is 10.0. The SMILES string of the molecule is CC(CCC(=O)O)CS(=O)[O-]. The Hall–Kier alpha value is -0.420. The van der Waals surface area contributed by atoms with Crippen LogP contribution in [0.5, 0.6) is 0 Å². The van der Waals surface area contributed by atoms with E-state index in [1.165, 1.54) is 0 Å². The number of aliphatic carboxylic acids is 1. The molecular formula is C6H11O4S-. The first-order chi connectivity index (χ1) is 5.02. The highest BCUT2D eigenvalue weighted by molar-refractivity contribution is 7.79. The molecule has 0 saturated carbocycles. The zero-order chi connectivity index (χ0) is 8.85. The van der Waals surface area contributed by atoms with Crippen LogP contribution in [0.15, 0.2) is 0 Å². The quantitative estimate of drug-likeness (QED) is 0.618. The maximum Gasteiger partial charge on any atom is 0.303 e. The minimum Gasteiger partial charge on any atom is -0.772 e. The second-order valence-electron chi connectivity index (χ2n) is 2.51. The normalized spacial score (nSPS) is 15.8. The second-order valence-corrected chi connectivity index (χ2v) is 3.45. The fourth-order valence-corrected chi connectivity index (χ4v) is 1.32. The van der Waals surface area contributed by atoms with E-state index in [-0.39, 0.29) is 18.1 Å². The Morgan fingerprint density at radius 3 is 2.64 bits per heavy atom. The molecule has 0 aromatic heterocycles. The minimum absolute atomic E-state index is 0.0400. The van der Waals surface area contributed by atoms with Crippen LogP contribution in [0.3, 0.4) is 0 Å². The van der Waals surface area contributed by atoms with E-state index in [0.29, 0.717) is 6.42 Å². The number of hydrogen-bond donors (Lipinski definition) is 1. The maximum atomic E-state index is 10.1. The van der Waals surface area contributed by atoms with Crippen molar-refractivity contribution in [2.75, 3.05) is 5.75 Å². The summed E-state index contributed by atoms with van der Waals surface area (Å²) < 4.78 is 20.2. The van der Waals surface area contributed by atoms with Crippen LogP contribution in [0.25, 0.3) is 0 Å². The van der Waals surface area contributed by atoms with Crippen molar-refractivity contribution in [1.82, 2.24) is 0 Å². The predicted molar refractivity (Wildman–Crippen MR) is 39.8 cm³/mol. The van der Waals surface area contributed by atoms with Crippen LogP contribution < -0.4 is 0 Å². The van der Waals surface area contributed by atoms with Gasteiger partial charge >= 0.3 is 5.97 Å². The van der Waals surface area contributed by atoms with Gasteiger partial charge in [0.1, 0.15) is 0 Å². The Morgan fingerprint density at radius 1 is 1.73 bits per heavy atom.